The van der Waals surface area contributed by atoms with Gasteiger partial charge in [-0.05, 0) is 49.8 Å². The van der Waals surface area contributed by atoms with E-state index in [1.807, 2.05) is 0 Å². The van der Waals surface area contributed by atoms with Crippen molar-refractivity contribution in [3.05, 3.63) is 53.2 Å². The molecule has 0 amide bonds. The summed E-state index contributed by atoms with van der Waals surface area (Å²) in [5, 5.41) is 0. The lowest BCUT2D eigenvalue weighted by Crippen LogP contribution is -2.32. The highest BCUT2D eigenvalue weighted by atomic mass is 14.9. The Morgan fingerprint density at radius 1 is 1.00 bits per heavy atom. The van der Waals surface area contributed by atoms with Gasteiger partial charge >= 0.3 is 0 Å². The van der Waals surface area contributed by atoms with E-state index in [9.17, 15) is 0 Å². The van der Waals surface area contributed by atoms with Crippen LogP contribution in [0.3, 0.4) is 0 Å². The number of aryl methyl sites for hydroxylation is 3. The van der Waals surface area contributed by atoms with Crippen LogP contribution in [0.1, 0.15) is 48.3 Å². The van der Waals surface area contributed by atoms with E-state index in [0.29, 0.717) is 0 Å². The second kappa shape index (κ2) is 5.40. The van der Waals surface area contributed by atoms with Gasteiger partial charge in [-0.25, -0.2) is 4.57 Å². The van der Waals surface area contributed by atoms with E-state index in [2.05, 4.69) is 62.0 Å². The van der Waals surface area contributed by atoms with E-state index in [0.717, 1.165) is 5.92 Å². The third-order valence-electron chi connectivity index (χ3n) is 4.73. The van der Waals surface area contributed by atoms with Crippen molar-refractivity contribution in [3.8, 4) is 11.3 Å². The minimum atomic E-state index is 0.777. The molecule has 3 rings (SSSR count). The summed E-state index contributed by atoms with van der Waals surface area (Å²) in [5.41, 5.74) is 7.06. The van der Waals surface area contributed by atoms with E-state index in [1.54, 1.807) is 5.56 Å². The summed E-state index contributed by atoms with van der Waals surface area (Å²) in [7, 11) is 2.16. The first kappa shape index (κ1) is 13.4. The van der Waals surface area contributed by atoms with Gasteiger partial charge in [0.05, 0.1) is 0 Å². The summed E-state index contributed by atoms with van der Waals surface area (Å²) in [6, 6.07) is 11.1. The molecule has 1 aliphatic rings. The Balaban J connectivity index is 2.11. The van der Waals surface area contributed by atoms with E-state index in [-0.39, 0.29) is 0 Å². The van der Waals surface area contributed by atoms with Crippen molar-refractivity contribution in [1.29, 1.82) is 0 Å². The molecule has 0 saturated heterocycles. The lowest BCUT2D eigenvalue weighted by atomic mass is 9.92. The van der Waals surface area contributed by atoms with Crippen LogP contribution in [0.2, 0.25) is 0 Å². The highest BCUT2D eigenvalue weighted by Gasteiger charge is 2.23. The molecule has 2 aromatic rings. The lowest BCUT2D eigenvalue weighted by Gasteiger charge is -2.14. The first-order valence-corrected chi connectivity index (χ1v) is 7.73. The Bertz CT molecular complexity index is 622. The van der Waals surface area contributed by atoms with Gasteiger partial charge < -0.3 is 0 Å². The molecule has 0 bridgehead atoms. The van der Waals surface area contributed by atoms with Crippen LogP contribution in [0, 0.1) is 13.8 Å². The SMILES string of the molecule is Cc1ccccc1-c1cc(C2CCCC2)c(C)c[n+]1C. The summed E-state index contributed by atoms with van der Waals surface area (Å²) < 4.78 is 2.27. The molecule has 0 atom stereocenters. The van der Waals surface area contributed by atoms with Crippen molar-refractivity contribution in [2.75, 3.05) is 0 Å². The molecule has 0 aliphatic heterocycles. The number of rotatable bonds is 2. The van der Waals surface area contributed by atoms with Crippen LogP contribution in [0.15, 0.2) is 36.5 Å². The zero-order valence-corrected chi connectivity index (χ0v) is 12.8. The largest absolute Gasteiger partial charge is 0.212 e. The van der Waals surface area contributed by atoms with Gasteiger partial charge in [-0.2, -0.15) is 0 Å². The normalized spacial score (nSPS) is 15.8. The fourth-order valence-electron chi connectivity index (χ4n) is 3.60. The average Bonchev–Trinajstić information content (AvgIpc) is 2.94. The molecule has 1 aliphatic carbocycles. The maximum absolute atomic E-state index is 2.44. The van der Waals surface area contributed by atoms with Crippen LogP contribution in [0.5, 0.6) is 0 Å². The molecule has 1 aromatic heterocycles. The summed E-state index contributed by atoms with van der Waals surface area (Å²) in [5.74, 6) is 0.777. The molecule has 0 unspecified atom stereocenters. The minimum absolute atomic E-state index is 0.777. The maximum Gasteiger partial charge on any atom is 0.212 e. The van der Waals surface area contributed by atoms with E-state index < -0.39 is 0 Å². The molecule has 1 fully saturated rings. The topological polar surface area (TPSA) is 3.88 Å². The minimum Gasteiger partial charge on any atom is -0.201 e. The highest BCUT2D eigenvalue weighted by molar-refractivity contribution is 5.61. The number of aromatic nitrogens is 1. The maximum atomic E-state index is 2.44. The summed E-state index contributed by atoms with van der Waals surface area (Å²) in [6.45, 7) is 4.46. The van der Waals surface area contributed by atoms with Gasteiger partial charge in [0.15, 0.2) is 6.20 Å². The molecule has 1 heterocycles. The van der Waals surface area contributed by atoms with Crippen LogP contribution in [0.25, 0.3) is 11.3 Å². The van der Waals surface area contributed by atoms with Crippen LogP contribution in [0.4, 0.5) is 0 Å². The van der Waals surface area contributed by atoms with Crippen LogP contribution >= 0.6 is 0 Å². The number of hydrogen-bond acceptors (Lipinski definition) is 0. The second-order valence-corrected chi connectivity index (χ2v) is 6.20. The Morgan fingerprint density at radius 3 is 2.40 bits per heavy atom. The first-order chi connectivity index (χ1) is 9.66. The number of pyridine rings is 1. The quantitative estimate of drug-likeness (QED) is 0.707. The van der Waals surface area contributed by atoms with Gasteiger partial charge in [0.25, 0.3) is 0 Å². The Labute approximate surface area is 122 Å². The van der Waals surface area contributed by atoms with Gasteiger partial charge in [0, 0.05) is 17.2 Å². The van der Waals surface area contributed by atoms with Crippen LogP contribution in [-0.2, 0) is 7.05 Å². The van der Waals surface area contributed by atoms with E-state index in [4.69, 9.17) is 0 Å². The van der Waals surface area contributed by atoms with Crippen molar-refractivity contribution in [3.63, 3.8) is 0 Å². The van der Waals surface area contributed by atoms with Crippen molar-refractivity contribution in [2.45, 2.75) is 45.4 Å². The summed E-state index contributed by atoms with van der Waals surface area (Å²) in [6.07, 6.45) is 7.81. The molecule has 0 N–H and O–H groups in total. The smallest absolute Gasteiger partial charge is 0.201 e. The molecule has 1 saturated carbocycles. The molecular formula is C19H24N+. The Kier molecular flexibility index (Phi) is 3.60. The van der Waals surface area contributed by atoms with Crippen molar-refractivity contribution in [1.82, 2.24) is 0 Å². The van der Waals surface area contributed by atoms with Gasteiger partial charge in [-0.1, -0.05) is 31.0 Å². The number of hydrogen-bond donors (Lipinski definition) is 0. The van der Waals surface area contributed by atoms with Gasteiger partial charge in [0.2, 0.25) is 5.69 Å². The standard InChI is InChI=1S/C19H24N/c1-14-8-4-7-11-17(14)19-12-18(15(2)13-20(19)3)16-9-5-6-10-16/h4,7-8,11-13,16H,5-6,9-10H2,1-3H3/q+1. The van der Waals surface area contributed by atoms with Crippen LogP contribution in [-0.4, -0.2) is 0 Å². The molecule has 20 heavy (non-hydrogen) atoms. The monoisotopic (exact) mass is 266 g/mol. The predicted octanol–water partition coefficient (Wildman–Crippen LogP) is 4.45. The molecule has 0 spiro atoms. The van der Waals surface area contributed by atoms with Crippen molar-refractivity contribution in [2.24, 2.45) is 7.05 Å². The fraction of sp³-hybridized carbons (Fsp3) is 0.421. The van der Waals surface area contributed by atoms with Gasteiger partial charge in [-0.15, -0.1) is 0 Å². The molecule has 1 nitrogen and oxygen atoms in total. The molecule has 104 valence electrons. The Morgan fingerprint density at radius 2 is 1.70 bits per heavy atom. The second-order valence-electron chi connectivity index (χ2n) is 6.20. The third-order valence-corrected chi connectivity index (χ3v) is 4.73. The van der Waals surface area contributed by atoms with Crippen molar-refractivity contribution >= 4 is 0 Å². The molecule has 1 aromatic carbocycles. The highest BCUT2D eigenvalue weighted by Crippen LogP contribution is 2.36. The summed E-state index contributed by atoms with van der Waals surface area (Å²) in [4.78, 5) is 0. The van der Waals surface area contributed by atoms with Crippen LogP contribution < -0.4 is 4.57 Å². The molecular weight excluding hydrogens is 242 g/mol. The van der Waals surface area contributed by atoms with Crippen molar-refractivity contribution < 1.29 is 4.57 Å². The third kappa shape index (κ3) is 2.37. The predicted molar refractivity (Wildman–Crippen MR) is 83.7 cm³/mol. The van der Waals surface area contributed by atoms with E-state index >= 15 is 0 Å². The molecule has 1 heteroatoms. The average molecular weight is 266 g/mol. The number of benzene rings is 1. The van der Waals surface area contributed by atoms with E-state index in [1.165, 1.54) is 48.1 Å². The molecule has 0 radical (unpaired) electrons. The van der Waals surface area contributed by atoms with Gasteiger partial charge in [-0.3, -0.25) is 0 Å². The first-order valence-electron chi connectivity index (χ1n) is 7.73. The fourth-order valence-corrected chi connectivity index (χ4v) is 3.60. The zero-order valence-electron chi connectivity index (χ0n) is 12.8. The van der Waals surface area contributed by atoms with Gasteiger partial charge in [0.1, 0.15) is 7.05 Å². The summed E-state index contributed by atoms with van der Waals surface area (Å²) >= 11 is 0. The Hall–Kier alpha value is -1.63. The number of nitrogens with zero attached hydrogens (tertiary/aromatic N) is 1. The zero-order chi connectivity index (χ0) is 14.1. The lowest BCUT2D eigenvalue weighted by molar-refractivity contribution is -0.660.